The maximum absolute atomic E-state index is 12.4. The number of piperazine rings is 1. The van der Waals surface area contributed by atoms with Gasteiger partial charge < -0.3 is 9.80 Å². The second kappa shape index (κ2) is 7.07. The van der Waals surface area contributed by atoms with E-state index in [0.29, 0.717) is 0 Å². The molecular weight excluding hydrogens is 330 g/mol. The molecule has 0 spiro atoms. The molecule has 0 radical (unpaired) electrons. The van der Waals surface area contributed by atoms with Crippen LogP contribution < -0.4 is 4.90 Å². The van der Waals surface area contributed by atoms with Gasteiger partial charge in [0.2, 0.25) is 5.91 Å². The lowest BCUT2D eigenvalue weighted by Gasteiger charge is -2.34. The molecular formula is C20H19N3OS. The Morgan fingerprint density at radius 2 is 1.68 bits per heavy atom. The molecule has 2 heterocycles. The number of hydrogen-bond donors (Lipinski definition) is 0. The Balaban J connectivity index is 1.37. The summed E-state index contributed by atoms with van der Waals surface area (Å²) in [7, 11) is 0. The number of carbonyl (C=O) groups excluding carboxylic acids is 1. The van der Waals surface area contributed by atoms with Gasteiger partial charge in [0.1, 0.15) is 0 Å². The van der Waals surface area contributed by atoms with Gasteiger partial charge in [-0.15, -0.1) is 0 Å². The summed E-state index contributed by atoms with van der Waals surface area (Å²) in [5.74, 6) is 0.0767. The van der Waals surface area contributed by atoms with Gasteiger partial charge in [0.05, 0.1) is 10.2 Å². The zero-order chi connectivity index (χ0) is 17.1. The Morgan fingerprint density at radius 3 is 2.44 bits per heavy atom. The zero-order valence-corrected chi connectivity index (χ0v) is 14.7. The molecule has 25 heavy (non-hydrogen) atoms. The molecule has 1 aliphatic heterocycles. The smallest absolute Gasteiger partial charge is 0.246 e. The molecule has 4 rings (SSSR count). The van der Waals surface area contributed by atoms with Gasteiger partial charge in [-0.3, -0.25) is 4.79 Å². The Hall–Kier alpha value is -2.66. The van der Waals surface area contributed by atoms with Crippen LogP contribution in [0, 0.1) is 0 Å². The van der Waals surface area contributed by atoms with Crippen molar-refractivity contribution in [3.63, 3.8) is 0 Å². The third-order valence-corrected chi connectivity index (χ3v) is 5.46. The third kappa shape index (κ3) is 3.56. The van der Waals surface area contributed by atoms with Crippen molar-refractivity contribution in [2.75, 3.05) is 31.1 Å². The van der Waals surface area contributed by atoms with Crippen LogP contribution in [-0.4, -0.2) is 42.0 Å². The third-order valence-electron chi connectivity index (χ3n) is 4.36. The summed E-state index contributed by atoms with van der Waals surface area (Å²) in [6.45, 7) is 3.11. The Labute approximate surface area is 151 Å². The number of amides is 1. The van der Waals surface area contributed by atoms with E-state index in [1.807, 2.05) is 59.5 Å². The van der Waals surface area contributed by atoms with Crippen molar-refractivity contribution in [3.8, 4) is 0 Å². The molecule has 126 valence electrons. The summed E-state index contributed by atoms with van der Waals surface area (Å²) in [5.41, 5.74) is 2.09. The zero-order valence-electron chi connectivity index (χ0n) is 13.8. The minimum Gasteiger partial charge on any atom is -0.345 e. The van der Waals surface area contributed by atoms with Gasteiger partial charge in [0, 0.05) is 32.3 Å². The minimum absolute atomic E-state index is 0.0767. The van der Waals surface area contributed by atoms with Crippen molar-refractivity contribution in [2.45, 2.75) is 0 Å². The predicted octanol–water partition coefficient (Wildman–Crippen LogP) is 3.66. The number of thiazole rings is 1. The number of aromatic nitrogens is 1. The number of para-hydroxylation sites is 1. The maximum Gasteiger partial charge on any atom is 0.246 e. The molecule has 0 N–H and O–H groups in total. The van der Waals surface area contributed by atoms with Gasteiger partial charge in [-0.1, -0.05) is 53.8 Å². The van der Waals surface area contributed by atoms with Gasteiger partial charge in [-0.25, -0.2) is 4.98 Å². The highest BCUT2D eigenvalue weighted by Crippen LogP contribution is 2.29. The van der Waals surface area contributed by atoms with Crippen molar-refractivity contribution >= 4 is 38.7 Å². The molecule has 0 saturated carbocycles. The second-order valence-corrected chi connectivity index (χ2v) is 7.03. The molecule has 0 bridgehead atoms. The van der Waals surface area contributed by atoms with Crippen LogP contribution in [0.5, 0.6) is 0 Å². The summed E-state index contributed by atoms with van der Waals surface area (Å²) in [6.07, 6.45) is 3.55. The molecule has 1 aromatic heterocycles. The van der Waals surface area contributed by atoms with Crippen LogP contribution in [0.2, 0.25) is 0 Å². The van der Waals surface area contributed by atoms with Crippen LogP contribution in [0.25, 0.3) is 16.3 Å². The van der Waals surface area contributed by atoms with E-state index in [0.717, 1.165) is 42.4 Å². The summed E-state index contributed by atoms with van der Waals surface area (Å²) < 4.78 is 1.21. The van der Waals surface area contributed by atoms with Gasteiger partial charge >= 0.3 is 0 Å². The van der Waals surface area contributed by atoms with Crippen molar-refractivity contribution in [3.05, 3.63) is 66.2 Å². The SMILES string of the molecule is O=C(/C=C\c1ccccc1)N1CCN(c2nc3ccccc3s2)CC1. The average Bonchev–Trinajstić information content (AvgIpc) is 3.11. The summed E-state index contributed by atoms with van der Waals surface area (Å²) >= 11 is 1.72. The molecule has 1 saturated heterocycles. The summed E-state index contributed by atoms with van der Waals surface area (Å²) in [5, 5.41) is 1.05. The quantitative estimate of drug-likeness (QED) is 0.677. The Kier molecular flexibility index (Phi) is 4.48. The number of fused-ring (bicyclic) bond motifs is 1. The Bertz CT molecular complexity index is 862. The fourth-order valence-electron chi connectivity index (χ4n) is 2.95. The van der Waals surface area contributed by atoms with Crippen LogP contribution in [-0.2, 0) is 4.79 Å². The fourth-order valence-corrected chi connectivity index (χ4v) is 3.97. The van der Waals surface area contributed by atoms with E-state index in [1.165, 1.54) is 4.70 Å². The van der Waals surface area contributed by atoms with Crippen molar-refractivity contribution < 1.29 is 4.79 Å². The molecule has 1 aliphatic rings. The van der Waals surface area contributed by atoms with E-state index in [-0.39, 0.29) is 5.91 Å². The number of hydrogen-bond acceptors (Lipinski definition) is 4. The first-order valence-corrected chi connectivity index (χ1v) is 9.24. The fraction of sp³-hybridized carbons (Fsp3) is 0.200. The van der Waals surface area contributed by atoms with E-state index in [9.17, 15) is 4.79 Å². The lowest BCUT2D eigenvalue weighted by Crippen LogP contribution is -2.48. The summed E-state index contributed by atoms with van der Waals surface area (Å²) in [6, 6.07) is 18.1. The molecule has 1 fully saturated rings. The number of rotatable bonds is 3. The number of carbonyl (C=O) groups is 1. The first-order chi connectivity index (χ1) is 12.3. The summed E-state index contributed by atoms with van der Waals surface area (Å²) in [4.78, 5) is 21.3. The molecule has 0 aliphatic carbocycles. The maximum atomic E-state index is 12.4. The standard InChI is InChI=1S/C20H19N3OS/c24-19(11-10-16-6-2-1-3-7-16)22-12-14-23(15-13-22)20-21-17-8-4-5-9-18(17)25-20/h1-11H,12-15H2/b11-10-. The highest BCUT2D eigenvalue weighted by molar-refractivity contribution is 7.22. The molecule has 0 atom stereocenters. The van der Waals surface area contributed by atoms with E-state index in [2.05, 4.69) is 11.0 Å². The van der Waals surface area contributed by atoms with Gasteiger partial charge in [-0.2, -0.15) is 0 Å². The highest BCUT2D eigenvalue weighted by atomic mass is 32.1. The molecule has 4 nitrogen and oxygen atoms in total. The van der Waals surface area contributed by atoms with Gasteiger partial charge in [0.15, 0.2) is 5.13 Å². The van der Waals surface area contributed by atoms with E-state index in [4.69, 9.17) is 4.98 Å². The normalized spacial score (nSPS) is 15.2. The van der Waals surface area contributed by atoms with Gasteiger partial charge in [0.25, 0.3) is 0 Å². The van der Waals surface area contributed by atoms with Crippen molar-refractivity contribution in [1.82, 2.24) is 9.88 Å². The monoisotopic (exact) mass is 349 g/mol. The first kappa shape index (κ1) is 15.8. The van der Waals surface area contributed by atoms with Crippen LogP contribution in [0.3, 0.4) is 0 Å². The van der Waals surface area contributed by atoms with Crippen LogP contribution in [0.4, 0.5) is 5.13 Å². The molecule has 2 aromatic carbocycles. The van der Waals surface area contributed by atoms with Crippen molar-refractivity contribution in [1.29, 1.82) is 0 Å². The highest BCUT2D eigenvalue weighted by Gasteiger charge is 2.21. The minimum atomic E-state index is 0.0767. The molecule has 3 aromatic rings. The largest absolute Gasteiger partial charge is 0.345 e. The molecule has 0 unspecified atom stereocenters. The van der Waals surface area contributed by atoms with Gasteiger partial charge in [-0.05, 0) is 23.8 Å². The van der Waals surface area contributed by atoms with E-state index < -0.39 is 0 Å². The molecule has 5 heteroatoms. The molecule has 1 amide bonds. The second-order valence-electron chi connectivity index (χ2n) is 6.02. The number of nitrogens with zero attached hydrogens (tertiary/aromatic N) is 3. The predicted molar refractivity (Wildman–Crippen MR) is 104 cm³/mol. The number of benzene rings is 2. The lowest BCUT2D eigenvalue weighted by atomic mass is 10.2. The average molecular weight is 349 g/mol. The topological polar surface area (TPSA) is 36.4 Å². The van der Waals surface area contributed by atoms with E-state index in [1.54, 1.807) is 17.4 Å². The van der Waals surface area contributed by atoms with Crippen LogP contribution in [0.15, 0.2) is 60.7 Å². The first-order valence-electron chi connectivity index (χ1n) is 8.42. The van der Waals surface area contributed by atoms with E-state index >= 15 is 0 Å². The van der Waals surface area contributed by atoms with Crippen LogP contribution in [0.1, 0.15) is 5.56 Å². The lowest BCUT2D eigenvalue weighted by molar-refractivity contribution is -0.126. The van der Waals surface area contributed by atoms with Crippen LogP contribution >= 0.6 is 11.3 Å². The Morgan fingerprint density at radius 1 is 0.960 bits per heavy atom. The number of anilines is 1. The van der Waals surface area contributed by atoms with Crippen molar-refractivity contribution in [2.24, 2.45) is 0 Å².